The first-order chi connectivity index (χ1) is 11.9. The molecule has 0 saturated heterocycles. The van der Waals surface area contributed by atoms with E-state index < -0.39 is 11.7 Å². The molecule has 0 spiro atoms. The molecule has 10 heteroatoms. The molecule has 0 amide bonds. The van der Waals surface area contributed by atoms with Gasteiger partial charge in [0.15, 0.2) is 5.96 Å². The van der Waals surface area contributed by atoms with Crippen molar-refractivity contribution in [1.82, 2.24) is 15.2 Å². The van der Waals surface area contributed by atoms with Crippen LogP contribution in [0, 0.1) is 0 Å². The molecule has 26 heavy (non-hydrogen) atoms. The fraction of sp³-hybridized carbons (Fsp3) is 0.375. The molecule has 0 saturated carbocycles. The number of nitrogens with one attached hydrogen (secondary N) is 1. The average Bonchev–Trinajstić information content (AvgIpc) is 3.07. The number of rotatable bonds is 6. The van der Waals surface area contributed by atoms with Gasteiger partial charge in [-0.25, -0.2) is 4.98 Å². The highest BCUT2D eigenvalue weighted by molar-refractivity contribution is 14.0. The predicted octanol–water partition coefficient (Wildman–Crippen LogP) is 3.87. The van der Waals surface area contributed by atoms with Crippen LogP contribution in [-0.2, 0) is 12.7 Å². The van der Waals surface area contributed by atoms with Gasteiger partial charge < -0.3 is 15.0 Å². The third kappa shape index (κ3) is 6.98. The molecule has 0 aromatic carbocycles. The molecule has 0 fully saturated rings. The number of thiophene rings is 1. The summed E-state index contributed by atoms with van der Waals surface area (Å²) >= 11 is 1.64. The summed E-state index contributed by atoms with van der Waals surface area (Å²) in [5.74, 6) is 0.853. The normalized spacial score (nSPS) is 11.7. The monoisotopic (exact) mass is 500 g/mol. The van der Waals surface area contributed by atoms with E-state index in [-0.39, 0.29) is 36.5 Å². The molecule has 0 bridgehead atoms. The van der Waals surface area contributed by atoms with Gasteiger partial charge in [-0.1, -0.05) is 0 Å². The first kappa shape index (κ1) is 22.5. The Hall–Kier alpha value is -1.56. The summed E-state index contributed by atoms with van der Waals surface area (Å²) in [6.45, 7) is 1.43. The Kier molecular flexibility index (Phi) is 9.13. The van der Waals surface area contributed by atoms with Gasteiger partial charge in [0.25, 0.3) is 0 Å². The van der Waals surface area contributed by atoms with Gasteiger partial charge in [-0.3, -0.25) is 4.99 Å². The number of ether oxygens (including phenoxy) is 1. The van der Waals surface area contributed by atoms with Crippen LogP contribution in [0.4, 0.5) is 13.2 Å². The van der Waals surface area contributed by atoms with E-state index in [1.165, 1.54) is 11.6 Å². The van der Waals surface area contributed by atoms with Crippen molar-refractivity contribution in [2.75, 3.05) is 27.2 Å². The van der Waals surface area contributed by atoms with Gasteiger partial charge in [-0.05, 0) is 28.5 Å². The second-order valence-corrected chi connectivity index (χ2v) is 5.97. The Morgan fingerprint density at radius 2 is 2.12 bits per heavy atom. The molecule has 2 heterocycles. The molecule has 2 aromatic rings. The van der Waals surface area contributed by atoms with Crippen molar-refractivity contribution < 1.29 is 17.9 Å². The summed E-state index contributed by atoms with van der Waals surface area (Å²) in [5.41, 5.74) is 0.397. The van der Waals surface area contributed by atoms with Gasteiger partial charge in [0.1, 0.15) is 6.61 Å². The van der Waals surface area contributed by atoms with Crippen molar-refractivity contribution >= 4 is 41.3 Å². The van der Waals surface area contributed by atoms with Crippen LogP contribution < -0.4 is 10.1 Å². The number of hydrogen-bond acceptors (Lipinski definition) is 4. The molecule has 0 aliphatic carbocycles. The highest BCUT2D eigenvalue weighted by atomic mass is 127. The summed E-state index contributed by atoms with van der Waals surface area (Å²) in [6, 6.07) is 4.21. The summed E-state index contributed by atoms with van der Waals surface area (Å²) in [6.07, 6.45) is -3.64. The van der Waals surface area contributed by atoms with E-state index in [0.29, 0.717) is 12.5 Å². The fourth-order valence-corrected chi connectivity index (χ4v) is 2.73. The zero-order chi connectivity index (χ0) is 18.3. The Morgan fingerprint density at radius 3 is 2.65 bits per heavy atom. The van der Waals surface area contributed by atoms with E-state index >= 15 is 0 Å². The van der Waals surface area contributed by atoms with Crippen molar-refractivity contribution in [2.45, 2.75) is 12.7 Å². The lowest BCUT2D eigenvalue weighted by atomic mass is 10.3. The van der Waals surface area contributed by atoms with Crippen molar-refractivity contribution in [3.63, 3.8) is 0 Å². The summed E-state index contributed by atoms with van der Waals surface area (Å²) in [5, 5.41) is 7.22. The molecular weight excluding hydrogens is 480 g/mol. The molecule has 2 aromatic heterocycles. The highest BCUT2D eigenvalue weighted by Gasteiger charge is 2.30. The number of hydrogen-bond donors (Lipinski definition) is 1. The van der Waals surface area contributed by atoms with Crippen LogP contribution in [0.5, 0.6) is 5.88 Å². The van der Waals surface area contributed by atoms with Gasteiger partial charge >= 0.3 is 6.18 Å². The Morgan fingerprint density at radius 1 is 1.35 bits per heavy atom. The standard InChI is InChI=1S/C16H19F3N4OS.HI/c1-20-15(23(2)10-12-5-8-25-11-12)21-6-7-24-14-4-3-13(9-22-14)16(17,18)19;/h3-5,8-9,11H,6-7,10H2,1-2H3,(H,20,21);1H. The van der Waals surface area contributed by atoms with Gasteiger partial charge in [-0.15, -0.1) is 24.0 Å². The third-order valence-corrected chi connectivity index (χ3v) is 4.00. The third-order valence-electron chi connectivity index (χ3n) is 3.27. The van der Waals surface area contributed by atoms with E-state index in [9.17, 15) is 13.2 Å². The van der Waals surface area contributed by atoms with Crippen LogP contribution in [-0.4, -0.2) is 43.1 Å². The summed E-state index contributed by atoms with van der Waals surface area (Å²) in [4.78, 5) is 9.82. The van der Waals surface area contributed by atoms with E-state index in [2.05, 4.69) is 20.7 Å². The number of aromatic nitrogens is 1. The Balaban J connectivity index is 0.00000338. The molecule has 5 nitrogen and oxygen atoms in total. The van der Waals surface area contributed by atoms with Crippen molar-refractivity contribution in [3.8, 4) is 5.88 Å². The number of alkyl halides is 3. The molecule has 1 N–H and O–H groups in total. The minimum Gasteiger partial charge on any atom is -0.476 e. The first-order valence-corrected chi connectivity index (χ1v) is 8.43. The largest absolute Gasteiger partial charge is 0.476 e. The number of pyridine rings is 1. The van der Waals surface area contributed by atoms with Crippen LogP contribution >= 0.6 is 35.3 Å². The summed E-state index contributed by atoms with van der Waals surface area (Å²) < 4.78 is 42.7. The van der Waals surface area contributed by atoms with Crippen molar-refractivity contribution in [2.24, 2.45) is 4.99 Å². The molecule has 0 radical (unpaired) electrons. The molecule has 0 aliphatic heterocycles. The minimum atomic E-state index is -4.40. The molecule has 0 unspecified atom stereocenters. The summed E-state index contributed by atoms with van der Waals surface area (Å²) in [7, 11) is 3.61. The molecule has 0 atom stereocenters. The lowest BCUT2D eigenvalue weighted by molar-refractivity contribution is -0.137. The van der Waals surface area contributed by atoms with Crippen molar-refractivity contribution in [3.05, 3.63) is 46.3 Å². The molecule has 0 aliphatic rings. The maximum Gasteiger partial charge on any atom is 0.417 e. The Bertz CT molecular complexity index is 678. The van der Waals surface area contributed by atoms with Crippen LogP contribution in [0.25, 0.3) is 0 Å². The molecule has 144 valence electrons. The average molecular weight is 500 g/mol. The van der Waals surface area contributed by atoms with Gasteiger partial charge in [0.05, 0.1) is 12.1 Å². The quantitative estimate of drug-likeness (QED) is 0.283. The van der Waals surface area contributed by atoms with Crippen LogP contribution in [0.1, 0.15) is 11.1 Å². The SMILES string of the molecule is CN=C(NCCOc1ccc(C(F)(F)F)cn1)N(C)Cc1ccsc1.I. The first-order valence-electron chi connectivity index (χ1n) is 7.49. The predicted molar refractivity (Wildman–Crippen MR) is 107 cm³/mol. The second-order valence-electron chi connectivity index (χ2n) is 5.19. The van der Waals surface area contributed by atoms with Crippen LogP contribution in [0.3, 0.4) is 0 Å². The molecular formula is C16H20F3IN4OS. The van der Waals surface area contributed by atoms with Gasteiger partial charge in [-0.2, -0.15) is 24.5 Å². The lowest BCUT2D eigenvalue weighted by Gasteiger charge is -2.21. The maximum absolute atomic E-state index is 12.5. The molecule has 2 rings (SSSR count). The number of aliphatic imine (C=N–C) groups is 1. The smallest absolute Gasteiger partial charge is 0.417 e. The highest BCUT2D eigenvalue weighted by Crippen LogP contribution is 2.29. The van der Waals surface area contributed by atoms with E-state index in [1.807, 2.05) is 23.4 Å². The maximum atomic E-state index is 12.5. The Labute approximate surface area is 171 Å². The van der Waals surface area contributed by atoms with Crippen LogP contribution in [0.15, 0.2) is 40.1 Å². The van der Waals surface area contributed by atoms with Crippen LogP contribution in [0.2, 0.25) is 0 Å². The fourth-order valence-electron chi connectivity index (χ4n) is 2.07. The van der Waals surface area contributed by atoms with Gasteiger partial charge in [0.2, 0.25) is 5.88 Å². The number of halogens is 4. The lowest BCUT2D eigenvalue weighted by Crippen LogP contribution is -2.40. The van der Waals surface area contributed by atoms with E-state index in [1.54, 1.807) is 18.4 Å². The number of nitrogens with zero attached hydrogens (tertiary/aromatic N) is 3. The van der Waals surface area contributed by atoms with Gasteiger partial charge in [0, 0.05) is 32.9 Å². The second kappa shape index (κ2) is 10.6. The minimum absolute atomic E-state index is 0. The number of guanidine groups is 1. The van der Waals surface area contributed by atoms with E-state index in [0.717, 1.165) is 18.8 Å². The zero-order valence-electron chi connectivity index (χ0n) is 14.3. The zero-order valence-corrected chi connectivity index (χ0v) is 17.4. The van der Waals surface area contributed by atoms with Crippen molar-refractivity contribution in [1.29, 1.82) is 0 Å². The topological polar surface area (TPSA) is 49.8 Å². The van der Waals surface area contributed by atoms with E-state index in [4.69, 9.17) is 4.74 Å².